The first-order valence-electron chi connectivity index (χ1n) is 8.40. The third-order valence-electron chi connectivity index (χ3n) is 4.46. The van der Waals surface area contributed by atoms with Crippen molar-refractivity contribution in [1.82, 2.24) is 4.57 Å². The molecule has 0 radical (unpaired) electrons. The Morgan fingerprint density at radius 2 is 1.37 bits per heavy atom. The molecule has 0 saturated carbocycles. The fourth-order valence-corrected chi connectivity index (χ4v) is 3.15. The average Bonchev–Trinajstić information content (AvgIpc) is 3.08. The van der Waals surface area contributed by atoms with Crippen molar-refractivity contribution in [3.8, 4) is 45.7 Å². The van der Waals surface area contributed by atoms with Crippen molar-refractivity contribution < 1.29 is 24.1 Å². The monoisotopic (exact) mass is 369 g/mol. The maximum Gasteiger partial charge on any atom is 0.203 e. The smallest absolute Gasteiger partial charge is 0.203 e. The molecule has 27 heavy (non-hydrogen) atoms. The molecule has 0 aliphatic heterocycles. The molecular formula is C21H23NO5. The predicted molar refractivity (Wildman–Crippen MR) is 104 cm³/mol. The lowest BCUT2D eigenvalue weighted by atomic mass is 10.1. The molecule has 6 heteroatoms. The molecular weight excluding hydrogens is 346 g/mol. The summed E-state index contributed by atoms with van der Waals surface area (Å²) in [6, 6.07) is 13.1. The molecule has 0 amide bonds. The van der Waals surface area contributed by atoms with Gasteiger partial charge >= 0.3 is 0 Å². The number of phenolic OH excluding ortho intramolecular Hbond substituents is 1. The van der Waals surface area contributed by atoms with E-state index in [1.807, 2.05) is 37.3 Å². The SMILES string of the molecule is COc1ccc(-c2ccc(C)n2-c2cc(OC)c(OC)c(OC)c2)cc1O. The highest BCUT2D eigenvalue weighted by atomic mass is 16.5. The first-order valence-corrected chi connectivity index (χ1v) is 8.40. The topological polar surface area (TPSA) is 62.1 Å². The van der Waals surface area contributed by atoms with E-state index < -0.39 is 0 Å². The van der Waals surface area contributed by atoms with Crippen LogP contribution in [0, 0.1) is 6.92 Å². The summed E-state index contributed by atoms with van der Waals surface area (Å²) in [6.45, 7) is 2.01. The zero-order valence-corrected chi connectivity index (χ0v) is 16.1. The highest BCUT2D eigenvalue weighted by Gasteiger charge is 2.17. The van der Waals surface area contributed by atoms with E-state index in [9.17, 15) is 5.11 Å². The molecule has 3 aromatic rings. The number of aromatic nitrogens is 1. The van der Waals surface area contributed by atoms with Gasteiger partial charge in [0.05, 0.1) is 39.8 Å². The number of nitrogens with zero attached hydrogens (tertiary/aromatic N) is 1. The van der Waals surface area contributed by atoms with Gasteiger partial charge in [0, 0.05) is 23.4 Å². The summed E-state index contributed by atoms with van der Waals surface area (Å²) in [5, 5.41) is 10.2. The highest BCUT2D eigenvalue weighted by Crippen LogP contribution is 2.41. The fraction of sp³-hybridized carbons (Fsp3) is 0.238. The Hall–Kier alpha value is -3.28. The van der Waals surface area contributed by atoms with Crippen LogP contribution < -0.4 is 18.9 Å². The van der Waals surface area contributed by atoms with Gasteiger partial charge in [-0.1, -0.05) is 0 Å². The van der Waals surface area contributed by atoms with E-state index >= 15 is 0 Å². The molecule has 2 aromatic carbocycles. The Bertz CT molecular complexity index is 936. The largest absolute Gasteiger partial charge is 0.504 e. The third kappa shape index (κ3) is 3.26. The number of hydrogen-bond donors (Lipinski definition) is 1. The summed E-state index contributed by atoms with van der Waals surface area (Å²) in [6.07, 6.45) is 0. The van der Waals surface area contributed by atoms with Crippen molar-refractivity contribution in [3.05, 3.63) is 48.2 Å². The normalized spacial score (nSPS) is 10.6. The number of methoxy groups -OCH3 is 4. The van der Waals surface area contributed by atoms with E-state index in [4.69, 9.17) is 18.9 Å². The van der Waals surface area contributed by atoms with Crippen molar-refractivity contribution >= 4 is 0 Å². The van der Waals surface area contributed by atoms with Gasteiger partial charge in [-0.15, -0.1) is 0 Å². The molecule has 0 aliphatic carbocycles. The van der Waals surface area contributed by atoms with Crippen LogP contribution in [0.1, 0.15) is 5.69 Å². The van der Waals surface area contributed by atoms with Gasteiger partial charge in [-0.05, 0) is 37.3 Å². The van der Waals surface area contributed by atoms with Gasteiger partial charge in [0.25, 0.3) is 0 Å². The average molecular weight is 369 g/mol. The molecule has 1 aromatic heterocycles. The van der Waals surface area contributed by atoms with Gasteiger partial charge < -0.3 is 28.6 Å². The van der Waals surface area contributed by atoms with Crippen LogP contribution in [0.4, 0.5) is 0 Å². The number of ether oxygens (including phenoxy) is 4. The van der Waals surface area contributed by atoms with Crippen LogP contribution in [0.25, 0.3) is 16.9 Å². The number of aryl methyl sites for hydroxylation is 1. The number of rotatable bonds is 6. The Labute approximate surface area is 158 Å². The Morgan fingerprint density at radius 3 is 1.89 bits per heavy atom. The van der Waals surface area contributed by atoms with Gasteiger partial charge in [-0.25, -0.2) is 0 Å². The maximum absolute atomic E-state index is 10.2. The van der Waals surface area contributed by atoms with Gasteiger partial charge in [0.1, 0.15) is 0 Å². The van der Waals surface area contributed by atoms with Gasteiger partial charge in [0.15, 0.2) is 23.0 Å². The molecule has 142 valence electrons. The van der Waals surface area contributed by atoms with Gasteiger partial charge in [-0.3, -0.25) is 0 Å². The second kappa shape index (κ2) is 7.53. The number of aromatic hydroxyl groups is 1. The van der Waals surface area contributed by atoms with Crippen molar-refractivity contribution in [1.29, 1.82) is 0 Å². The minimum Gasteiger partial charge on any atom is -0.504 e. The standard InChI is InChI=1S/C21H23NO5/c1-13-6-8-16(14-7-9-18(24-2)17(23)10-14)22(13)15-11-19(25-3)21(27-5)20(12-15)26-4/h6-12,23H,1-5H3. The van der Waals surface area contributed by atoms with Crippen LogP contribution in [-0.4, -0.2) is 38.1 Å². The van der Waals surface area contributed by atoms with Crippen LogP contribution in [0.5, 0.6) is 28.7 Å². The zero-order valence-electron chi connectivity index (χ0n) is 16.1. The Kier molecular flexibility index (Phi) is 5.16. The van der Waals surface area contributed by atoms with Crippen LogP contribution in [-0.2, 0) is 0 Å². The van der Waals surface area contributed by atoms with E-state index in [0.29, 0.717) is 23.0 Å². The van der Waals surface area contributed by atoms with Crippen LogP contribution in [0.2, 0.25) is 0 Å². The van der Waals surface area contributed by atoms with E-state index in [1.54, 1.807) is 33.5 Å². The highest BCUT2D eigenvalue weighted by molar-refractivity contribution is 5.69. The summed E-state index contributed by atoms with van der Waals surface area (Å²) in [5.41, 5.74) is 3.65. The van der Waals surface area contributed by atoms with E-state index in [2.05, 4.69) is 4.57 Å². The Morgan fingerprint density at radius 1 is 0.741 bits per heavy atom. The predicted octanol–water partition coefficient (Wildman–Crippen LogP) is 4.19. The molecule has 0 unspecified atom stereocenters. The van der Waals surface area contributed by atoms with Crippen molar-refractivity contribution in [3.63, 3.8) is 0 Å². The summed E-state index contributed by atoms with van der Waals surface area (Å²) in [5.74, 6) is 2.20. The lowest BCUT2D eigenvalue weighted by Gasteiger charge is -2.18. The van der Waals surface area contributed by atoms with Crippen molar-refractivity contribution in [2.24, 2.45) is 0 Å². The molecule has 3 rings (SSSR count). The van der Waals surface area contributed by atoms with E-state index in [1.165, 1.54) is 7.11 Å². The molecule has 6 nitrogen and oxygen atoms in total. The van der Waals surface area contributed by atoms with E-state index in [0.717, 1.165) is 22.6 Å². The third-order valence-corrected chi connectivity index (χ3v) is 4.46. The number of benzene rings is 2. The molecule has 0 fully saturated rings. The molecule has 0 aliphatic rings. The van der Waals surface area contributed by atoms with Crippen LogP contribution in [0.3, 0.4) is 0 Å². The van der Waals surface area contributed by atoms with Crippen LogP contribution >= 0.6 is 0 Å². The number of phenols is 1. The summed E-state index contributed by atoms with van der Waals surface area (Å²) < 4.78 is 23.6. The first-order chi connectivity index (χ1) is 13.0. The number of hydrogen-bond acceptors (Lipinski definition) is 5. The molecule has 0 bridgehead atoms. The summed E-state index contributed by atoms with van der Waals surface area (Å²) in [4.78, 5) is 0. The minimum absolute atomic E-state index is 0.0882. The molecule has 1 heterocycles. The van der Waals surface area contributed by atoms with E-state index in [-0.39, 0.29) is 5.75 Å². The lowest BCUT2D eigenvalue weighted by molar-refractivity contribution is 0.324. The summed E-state index contributed by atoms with van der Waals surface area (Å²) in [7, 11) is 6.28. The lowest BCUT2D eigenvalue weighted by Crippen LogP contribution is -2.02. The Balaban J connectivity index is 2.19. The zero-order chi connectivity index (χ0) is 19.6. The summed E-state index contributed by atoms with van der Waals surface area (Å²) >= 11 is 0. The molecule has 1 N–H and O–H groups in total. The van der Waals surface area contributed by atoms with Crippen molar-refractivity contribution in [2.75, 3.05) is 28.4 Å². The molecule has 0 spiro atoms. The fourth-order valence-electron chi connectivity index (χ4n) is 3.15. The van der Waals surface area contributed by atoms with Gasteiger partial charge in [-0.2, -0.15) is 0 Å². The molecule has 0 atom stereocenters. The minimum atomic E-state index is 0.0882. The second-order valence-corrected chi connectivity index (χ2v) is 5.97. The maximum atomic E-state index is 10.2. The first kappa shape index (κ1) is 18.5. The molecule has 0 saturated heterocycles. The second-order valence-electron chi connectivity index (χ2n) is 5.97. The quantitative estimate of drug-likeness (QED) is 0.706. The van der Waals surface area contributed by atoms with Gasteiger partial charge in [0.2, 0.25) is 5.75 Å². The van der Waals surface area contributed by atoms with Crippen LogP contribution in [0.15, 0.2) is 42.5 Å². The van der Waals surface area contributed by atoms with Crippen molar-refractivity contribution in [2.45, 2.75) is 6.92 Å².